The molecular weight excluding hydrogens is 520 g/mol. The average molecular weight is 561 g/mol. The molecule has 1 aliphatic heterocycles. The van der Waals surface area contributed by atoms with Crippen molar-refractivity contribution in [1.82, 2.24) is 29.8 Å². The molecular formula is C30H40N8O3. The zero-order valence-electron chi connectivity index (χ0n) is 23.9. The molecule has 11 heteroatoms. The summed E-state index contributed by atoms with van der Waals surface area (Å²) in [7, 11) is 2.12. The van der Waals surface area contributed by atoms with Crippen molar-refractivity contribution in [1.29, 1.82) is 0 Å². The van der Waals surface area contributed by atoms with E-state index in [4.69, 9.17) is 9.72 Å². The fourth-order valence-electron chi connectivity index (χ4n) is 5.52. The van der Waals surface area contributed by atoms with Crippen LogP contribution in [0.1, 0.15) is 56.6 Å². The van der Waals surface area contributed by atoms with Gasteiger partial charge in [0.2, 0.25) is 17.8 Å². The summed E-state index contributed by atoms with van der Waals surface area (Å²) in [5.41, 5.74) is 3.52. The maximum absolute atomic E-state index is 13.0. The first-order chi connectivity index (χ1) is 19.9. The normalized spacial score (nSPS) is 20.0. The highest BCUT2D eigenvalue weighted by Crippen LogP contribution is 2.26. The number of nitrogens with zero attached hydrogens (tertiary/aromatic N) is 5. The van der Waals surface area contributed by atoms with Crippen LogP contribution in [0, 0.1) is 5.92 Å². The van der Waals surface area contributed by atoms with Gasteiger partial charge in [0.25, 0.3) is 0 Å². The number of aryl methyl sites for hydroxylation is 1. The van der Waals surface area contributed by atoms with Gasteiger partial charge in [0, 0.05) is 42.8 Å². The number of amides is 2. The van der Waals surface area contributed by atoms with Gasteiger partial charge in [-0.05, 0) is 75.8 Å². The molecule has 2 aromatic heterocycles. The second-order valence-electron chi connectivity index (χ2n) is 11.0. The van der Waals surface area contributed by atoms with Gasteiger partial charge in [0.05, 0.1) is 6.20 Å². The van der Waals surface area contributed by atoms with Gasteiger partial charge in [0.15, 0.2) is 5.65 Å². The van der Waals surface area contributed by atoms with E-state index >= 15 is 0 Å². The summed E-state index contributed by atoms with van der Waals surface area (Å²) >= 11 is 0. The Labute approximate surface area is 240 Å². The van der Waals surface area contributed by atoms with Crippen molar-refractivity contribution in [3.8, 4) is 6.01 Å². The summed E-state index contributed by atoms with van der Waals surface area (Å²) < 4.78 is 7.94. The molecule has 1 aromatic carbocycles. The van der Waals surface area contributed by atoms with Crippen molar-refractivity contribution in [2.24, 2.45) is 5.92 Å². The van der Waals surface area contributed by atoms with Crippen LogP contribution in [-0.2, 0) is 22.6 Å². The third-order valence-electron chi connectivity index (χ3n) is 8.01. The molecule has 3 N–H and O–H groups in total. The van der Waals surface area contributed by atoms with E-state index in [-0.39, 0.29) is 29.9 Å². The van der Waals surface area contributed by atoms with E-state index in [9.17, 15) is 9.59 Å². The number of carbonyl (C=O) groups excluding carboxylic acids is 2. The van der Waals surface area contributed by atoms with E-state index in [1.807, 2.05) is 30.5 Å². The fraction of sp³-hybridized carbons (Fsp3) is 0.500. The largest absolute Gasteiger partial charge is 0.460 e. The van der Waals surface area contributed by atoms with Crippen LogP contribution < -0.4 is 20.7 Å². The number of fused-ring (bicyclic) bond motifs is 1. The summed E-state index contributed by atoms with van der Waals surface area (Å²) in [6, 6.07) is 8.27. The first-order valence-electron chi connectivity index (χ1n) is 14.6. The molecule has 1 aliphatic carbocycles. The molecule has 1 saturated carbocycles. The number of rotatable bonds is 10. The Bertz CT molecular complexity index is 1370. The van der Waals surface area contributed by atoms with E-state index in [0.29, 0.717) is 18.5 Å². The van der Waals surface area contributed by atoms with Crippen LogP contribution in [-0.4, -0.2) is 68.6 Å². The van der Waals surface area contributed by atoms with Crippen molar-refractivity contribution < 1.29 is 14.3 Å². The molecule has 2 fully saturated rings. The maximum Gasteiger partial charge on any atom is 0.322 e. The lowest BCUT2D eigenvalue weighted by atomic mass is 9.85. The number of likely N-dealkylation sites (tertiary alicyclic amines) is 1. The van der Waals surface area contributed by atoms with Gasteiger partial charge < -0.3 is 25.6 Å². The minimum Gasteiger partial charge on any atom is -0.460 e. The average Bonchev–Trinajstić information content (AvgIpc) is 3.41. The predicted molar refractivity (Wildman–Crippen MR) is 158 cm³/mol. The summed E-state index contributed by atoms with van der Waals surface area (Å²) in [5, 5.41) is 13.9. The van der Waals surface area contributed by atoms with Gasteiger partial charge in [-0.15, -0.1) is 0 Å². The molecule has 0 radical (unpaired) electrons. The zero-order valence-corrected chi connectivity index (χ0v) is 23.9. The smallest absolute Gasteiger partial charge is 0.322 e. The summed E-state index contributed by atoms with van der Waals surface area (Å²) in [4.78, 5) is 36.2. The lowest BCUT2D eigenvalue weighted by Gasteiger charge is -2.28. The number of carbonyl (C=O) groups is 2. The van der Waals surface area contributed by atoms with Gasteiger partial charge >= 0.3 is 6.01 Å². The van der Waals surface area contributed by atoms with Crippen LogP contribution >= 0.6 is 0 Å². The topological polar surface area (TPSA) is 126 Å². The Hall–Kier alpha value is -3.99. The van der Waals surface area contributed by atoms with Crippen LogP contribution in [0.2, 0.25) is 0 Å². The molecule has 11 nitrogen and oxygen atoms in total. The van der Waals surface area contributed by atoms with E-state index in [1.54, 1.807) is 4.52 Å². The van der Waals surface area contributed by atoms with E-state index < -0.39 is 0 Å². The molecule has 0 spiro atoms. The Balaban J connectivity index is 1.22. The first-order valence-corrected chi connectivity index (χ1v) is 14.6. The quantitative estimate of drug-likeness (QED) is 0.322. The summed E-state index contributed by atoms with van der Waals surface area (Å²) in [6.07, 6.45) is 8.95. The van der Waals surface area contributed by atoms with Crippen molar-refractivity contribution >= 4 is 29.1 Å². The number of anilines is 2. The number of piperidine rings is 1. The Morgan fingerprint density at radius 1 is 1.12 bits per heavy atom. The Morgan fingerprint density at radius 3 is 2.63 bits per heavy atom. The summed E-state index contributed by atoms with van der Waals surface area (Å²) in [5.74, 6) is 0.344. The minimum atomic E-state index is -0.162. The molecule has 5 rings (SSSR count). The molecule has 0 bridgehead atoms. The molecule has 1 saturated heterocycles. The van der Waals surface area contributed by atoms with Gasteiger partial charge in [-0.25, -0.2) is 0 Å². The number of ether oxygens (including phenoxy) is 1. The number of aromatic nitrogens is 4. The highest BCUT2D eigenvalue weighted by molar-refractivity contribution is 5.92. The van der Waals surface area contributed by atoms with Crippen LogP contribution in [0.4, 0.5) is 11.6 Å². The van der Waals surface area contributed by atoms with Gasteiger partial charge in [-0.1, -0.05) is 25.6 Å². The van der Waals surface area contributed by atoms with Crippen molar-refractivity contribution in [3.05, 3.63) is 54.2 Å². The summed E-state index contributed by atoms with van der Waals surface area (Å²) in [6.45, 7) is 8.05. The first kappa shape index (κ1) is 28.5. The molecule has 2 amide bonds. The number of hydrogen-bond acceptors (Lipinski definition) is 8. The SMILES string of the molecule is C=CC(=O)NC1CCC(C(=O)Nc2cccc(CNc3nc(OC4CCN(C)CC4)nc4c(CC)cnn34)c2)CC1. The van der Waals surface area contributed by atoms with Crippen molar-refractivity contribution in [2.45, 2.75) is 70.6 Å². The molecule has 41 heavy (non-hydrogen) atoms. The van der Waals surface area contributed by atoms with E-state index in [2.05, 4.69) is 51.5 Å². The number of benzene rings is 1. The van der Waals surface area contributed by atoms with E-state index in [1.165, 1.54) is 6.08 Å². The fourth-order valence-corrected chi connectivity index (χ4v) is 5.52. The van der Waals surface area contributed by atoms with Crippen molar-refractivity contribution in [2.75, 3.05) is 30.8 Å². The highest BCUT2D eigenvalue weighted by Gasteiger charge is 2.27. The highest BCUT2D eigenvalue weighted by atomic mass is 16.5. The number of hydrogen-bond donors (Lipinski definition) is 3. The second kappa shape index (κ2) is 13.1. The molecule has 0 unspecified atom stereocenters. The third-order valence-corrected chi connectivity index (χ3v) is 8.01. The van der Waals surface area contributed by atoms with Gasteiger partial charge in [-0.2, -0.15) is 19.6 Å². The van der Waals surface area contributed by atoms with Crippen molar-refractivity contribution in [3.63, 3.8) is 0 Å². The second-order valence-corrected chi connectivity index (χ2v) is 11.0. The Kier molecular flexibility index (Phi) is 9.13. The minimum absolute atomic E-state index is 0.0143. The van der Waals surface area contributed by atoms with Gasteiger partial charge in [-0.3, -0.25) is 9.59 Å². The van der Waals surface area contributed by atoms with Crippen LogP contribution in [0.25, 0.3) is 5.65 Å². The molecule has 0 atom stereocenters. The molecule has 218 valence electrons. The van der Waals surface area contributed by atoms with E-state index in [0.717, 1.165) is 80.5 Å². The Morgan fingerprint density at radius 2 is 1.90 bits per heavy atom. The van der Waals surface area contributed by atoms with Crippen LogP contribution in [0.15, 0.2) is 43.1 Å². The lowest BCUT2D eigenvalue weighted by Crippen LogP contribution is -2.38. The molecule has 2 aliphatic rings. The molecule has 3 heterocycles. The van der Waals surface area contributed by atoms with Crippen LogP contribution in [0.5, 0.6) is 6.01 Å². The molecule has 3 aromatic rings. The monoisotopic (exact) mass is 560 g/mol. The predicted octanol–water partition coefficient (Wildman–Crippen LogP) is 3.57. The van der Waals surface area contributed by atoms with Crippen LogP contribution in [0.3, 0.4) is 0 Å². The lowest BCUT2D eigenvalue weighted by molar-refractivity contribution is -0.121. The standard InChI is InChI=1S/C30H40N8O3/c1-4-21-19-32-38-27(21)35-30(41-25-13-15-37(3)16-14-25)36-29(38)31-18-20-7-6-8-24(17-20)34-28(40)22-9-11-23(12-10-22)33-26(39)5-2/h5-8,17,19,22-23,25H,2,4,9-16,18H2,1,3H3,(H,33,39)(H,34,40)(H,31,35,36). The zero-order chi connectivity index (χ0) is 28.8. The number of nitrogens with one attached hydrogen (secondary N) is 3. The maximum atomic E-state index is 13.0. The third kappa shape index (κ3) is 7.21. The van der Waals surface area contributed by atoms with Gasteiger partial charge in [0.1, 0.15) is 6.10 Å².